The van der Waals surface area contributed by atoms with Crippen molar-refractivity contribution in [3.05, 3.63) is 58.5 Å². The molecule has 126 valence electrons. The van der Waals surface area contributed by atoms with Crippen LogP contribution in [0.15, 0.2) is 52.3 Å². The summed E-state index contributed by atoms with van der Waals surface area (Å²) in [7, 11) is 1.97. The molecule has 0 aliphatic rings. The minimum atomic E-state index is -0.157. The molecular formula is C19H22N2O2S. The largest absolute Gasteiger partial charge is 0.459 e. The fourth-order valence-electron chi connectivity index (χ4n) is 2.68. The van der Waals surface area contributed by atoms with Crippen molar-refractivity contribution in [1.29, 1.82) is 0 Å². The zero-order valence-corrected chi connectivity index (χ0v) is 15.0. The maximum atomic E-state index is 12.3. The first-order valence-electron chi connectivity index (χ1n) is 8.06. The smallest absolute Gasteiger partial charge is 0.234 e. The van der Waals surface area contributed by atoms with E-state index in [1.807, 2.05) is 55.3 Å². The van der Waals surface area contributed by atoms with Crippen molar-refractivity contribution in [2.24, 2.45) is 0 Å². The number of thiophene rings is 1. The Kier molecular flexibility index (Phi) is 5.02. The Bertz CT molecular complexity index is 777. The predicted molar refractivity (Wildman–Crippen MR) is 98.1 cm³/mol. The number of nitrogens with one attached hydrogen (secondary N) is 1. The van der Waals surface area contributed by atoms with Gasteiger partial charge in [-0.05, 0) is 44.5 Å². The summed E-state index contributed by atoms with van der Waals surface area (Å²) in [6.07, 6.45) is 0. The lowest BCUT2D eigenvalue weighted by molar-refractivity contribution is -0.123. The number of benzene rings is 1. The van der Waals surface area contributed by atoms with Gasteiger partial charge in [0.1, 0.15) is 11.3 Å². The zero-order valence-electron chi connectivity index (χ0n) is 14.2. The Morgan fingerprint density at radius 2 is 2.04 bits per heavy atom. The van der Waals surface area contributed by atoms with Crippen molar-refractivity contribution in [3.8, 4) is 0 Å². The lowest BCUT2D eigenvalue weighted by Crippen LogP contribution is -2.37. The van der Waals surface area contributed by atoms with Gasteiger partial charge in [-0.3, -0.25) is 9.69 Å². The highest BCUT2D eigenvalue weighted by atomic mass is 32.1. The van der Waals surface area contributed by atoms with Gasteiger partial charge in [0.25, 0.3) is 0 Å². The Balaban J connectivity index is 1.59. The van der Waals surface area contributed by atoms with Crippen molar-refractivity contribution >= 4 is 28.2 Å². The molecule has 1 aromatic carbocycles. The van der Waals surface area contributed by atoms with Crippen LogP contribution in [-0.2, 0) is 4.79 Å². The van der Waals surface area contributed by atoms with Crippen molar-refractivity contribution < 1.29 is 9.21 Å². The van der Waals surface area contributed by atoms with E-state index in [1.165, 1.54) is 4.88 Å². The second-order valence-electron chi connectivity index (χ2n) is 6.08. The maximum absolute atomic E-state index is 12.3. The molecule has 5 heteroatoms. The normalized spacial score (nSPS) is 14.0. The van der Waals surface area contributed by atoms with E-state index in [2.05, 4.69) is 23.7 Å². The Morgan fingerprint density at radius 3 is 2.75 bits per heavy atom. The molecule has 0 aliphatic carbocycles. The van der Waals surface area contributed by atoms with Gasteiger partial charge in [0.2, 0.25) is 5.91 Å². The standard InChI is InChI=1S/C19H22N2O2S/c1-13(17-11-15-7-4-5-8-16(15)23-17)20-19(22)12-21(3)14(2)18-9-6-10-24-18/h4-11,13-14H,12H2,1-3H3,(H,20,22). The Hall–Kier alpha value is -2.11. The van der Waals surface area contributed by atoms with Gasteiger partial charge >= 0.3 is 0 Å². The second-order valence-corrected chi connectivity index (χ2v) is 7.06. The minimum Gasteiger partial charge on any atom is -0.459 e. The molecule has 0 spiro atoms. The van der Waals surface area contributed by atoms with E-state index in [1.54, 1.807) is 11.3 Å². The predicted octanol–water partition coefficient (Wildman–Crippen LogP) is 4.36. The van der Waals surface area contributed by atoms with Crippen LogP contribution < -0.4 is 5.32 Å². The number of amides is 1. The van der Waals surface area contributed by atoms with E-state index >= 15 is 0 Å². The lowest BCUT2D eigenvalue weighted by atomic mass is 10.2. The Morgan fingerprint density at radius 1 is 1.25 bits per heavy atom. The van der Waals surface area contributed by atoms with Gasteiger partial charge in [-0.15, -0.1) is 11.3 Å². The summed E-state index contributed by atoms with van der Waals surface area (Å²) < 4.78 is 5.82. The third kappa shape index (κ3) is 3.68. The third-order valence-electron chi connectivity index (χ3n) is 4.26. The van der Waals surface area contributed by atoms with Gasteiger partial charge < -0.3 is 9.73 Å². The highest BCUT2D eigenvalue weighted by Crippen LogP contribution is 2.24. The van der Waals surface area contributed by atoms with Gasteiger partial charge in [-0.2, -0.15) is 0 Å². The van der Waals surface area contributed by atoms with Crippen LogP contribution in [0.1, 0.15) is 36.6 Å². The molecule has 0 fully saturated rings. The molecule has 3 aromatic rings. The van der Waals surface area contributed by atoms with Crippen LogP contribution in [-0.4, -0.2) is 24.4 Å². The Labute approximate surface area is 146 Å². The number of hydrogen-bond donors (Lipinski definition) is 1. The molecule has 2 aromatic heterocycles. The molecule has 3 rings (SSSR count). The molecule has 1 N–H and O–H groups in total. The monoisotopic (exact) mass is 342 g/mol. The molecule has 24 heavy (non-hydrogen) atoms. The quantitative estimate of drug-likeness (QED) is 0.724. The van der Waals surface area contributed by atoms with E-state index in [0.29, 0.717) is 6.54 Å². The maximum Gasteiger partial charge on any atom is 0.234 e. The molecule has 2 atom stereocenters. The van der Waals surface area contributed by atoms with Gasteiger partial charge in [0, 0.05) is 16.3 Å². The van der Waals surface area contributed by atoms with E-state index in [9.17, 15) is 4.79 Å². The number of para-hydroxylation sites is 1. The number of carbonyl (C=O) groups excluding carboxylic acids is 1. The highest BCUT2D eigenvalue weighted by molar-refractivity contribution is 7.10. The molecule has 2 unspecified atom stereocenters. The molecule has 2 heterocycles. The number of fused-ring (bicyclic) bond motifs is 1. The summed E-state index contributed by atoms with van der Waals surface area (Å²) in [4.78, 5) is 15.6. The van der Waals surface area contributed by atoms with Crippen LogP contribution in [0.25, 0.3) is 11.0 Å². The van der Waals surface area contributed by atoms with Crippen molar-refractivity contribution in [2.75, 3.05) is 13.6 Å². The molecule has 0 aliphatic heterocycles. The highest BCUT2D eigenvalue weighted by Gasteiger charge is 2.18. The first-order valence-corrected chi connectivity index (χ1v) is 8.94. The number of furan rings is 1. The number of carbonyl (C=O) groups is 1. The average Bonchev–Trinajstić information content (AvgIpc) is 3.23. The van der Waals surface area contributed by atoms with Crippen LogP contribution in [0.3, 0.4) is 0 Å². The summed E-state index contributed by atoms with van der Waals surface area (Å²) in [5.41, 5.74) is 0.844. The van der Waals surface area contributed by atoms with Crippen LogP contribution in [0.5, 0.6) is 0 Å². The van der Waals surface area contributed by atoms with Gasteiger partial charge in [-0.1, -0.05) is 24.3 Å². The van der Waals surface area contributed by atoms with E-state index in [0.717, 1.165) is 16.7 Å². The fourth-order valence-corrected chi connectivity index (χ4v) is 3.53. The molecule has 4 nitrogen and oxygen atoms in total. The SMILES string of the molecule is CC(NC(=O)CN(C)C(C)c1cccs1)c1cc2ccccc2o1. The first kappa shape index (κ1) is 16.7. The van der Waals surface area contributed by atoms with Crippen LogP contribution in [0.2, 0.25) is 0 Å². The third-order valence-corrected chi connectivity index (χ3v) is 5.30. The summed E-state index contributed by atoms with van der Waals surface area (Å²) in [6, 6.07) is 14.0. The van der Waals surface area contributed by atoms with Gasteiger partial charge in [0.05, 0.1) is 12.6 Å². The molecule has 1 amide bonds. The number of likely N-dealkylation sites (N-methyl/N-ethyl adjacent to an activating group) is 1. The van der Waals surface area contributed by atoms with E-state index in [-0.39, 0.29) is 18.0 Å². The summed E-state index contributed by atoms with van der Waals surface area (Å²) in [5.74, 6) is 0.771. The molecule has 0 bridgehead atoms. The number of nitrogens with zero attached hydrogens (tertiary/aromatic N) is 1. The first-order chi connectivity index (χ1) is 11.5. The van der Waals surface area contributed by atoms with Crippen LogP contribution in [0.4, 0.5) is 0 Å². The second kappa shape index (κ2) is 7.20. The van der Waals surface area contributed by atoms with E-state index in [4.69, 9.17) is 4.42 Å². The van der Waals surface area contributed by atoms with Crippen molar-refractivity contribution in [3.63, 3.8) is 0 Å². The van der Waals surface area contributed by atoms with Crippen LogP contribution >= 0.6 is 11.3 Å². The van der Waals surface area contributed by atoms with Crippen LogP contribution in [0, 0.1) is 0 Å². The lowest BCUT2D eigenvalue weighted by Gasteiger charge is -2.23. The summed E-state index contributed by atoms with van der Waals surface area (Å²) in [6.45, 7) is 4.41. The molecule has 0 saturated carbocycles. The summed E-state index contributed by atoms with van der Waals surface area (Å²) in [5, 5.41) is 6.13. The zero-order chi connectivity index (χ0) is 17.1. The molecule has 0 saturated heterocycles. The fraction of sp³-hybridized carbons (Fsp3) is 0.316. The topological polar surface area (TPSA) is 45.5 Å². The van der Waals surface area contributed by atoms with E-state index < -0.39 is 0 Å². The number of rotatable bonds is 6. The van der Waals surface area contributed by atoms with Gasteiger partial charge in [-0.25, -0.2) is 0 Å². The van der Waals surface area contributed by atoms with Crippen molar-refractivity contribution in [1.82, 2.24) is 10.2 Å². The van der Waals surface area contributed by atoms with Crippen molar-refractivity contribution in [2.45, 2.75) is 25.9 Å². The average molecular weight is 342 g/mol. The molecular weight excluding hydrogens is 320 g/mol. The number of hydrogen-bond acceptors (Lipinski definition) is 4. The van der Waals surface area contributed by atoms with Gasteiger partial charge in [0.15, 0.2) is 0 Å². The molecule has 0 radical (unpaired) electrons. The summed E-state index contributed by atoms with van der Waals surface area (Å²) >= 11 is 1.71. The minimum absolute atomic E-state index is 0.00568.